The summed E-state index contributed by atoms with van der Waals surface area (Å²) in [5.41, 5.74) is 3.33. The molecule has 154 valence electrons. The lowest BCUT2D eigenvalue weighted by atomic mass is 9.98. The maximum atomic E-state index is 10.6. The molecule has 3 rings (SSSR count). The van der Waals surface area contributed by atoms with E-state index in [2.05, 4.69) is 24.3 Å². The smallest absolute Gasteiger partial charge is 0.341 e. The summed E-state index contributed by atoms with van der Waals surface area (Å²) >= 11 is 7.85. The van der Waals surface area contributed by atoms with Gasteiger partial charge in [-0.2, -0.15) is 0 Å². The topological polar surface area (TPSA) is 55.8 Å². The fourth-order valence-electron chi connectivity index (χ4n) is 2.86. The average molecular weight is 441 g/mol. The van der Waals surface area contributed by atoms with E-state index >= 15 is 0 Å². The van der Waals surface area contributed by atoms with Crippen LogP contribution >= 0.6 is 23.4 Å². The number of hydrogen-bond donors (Lipinski definition) is 1. The zero-order chi connectivity index (χ0) is 21.3. The molecule has 0 saturated heterocycles. The lowest BCUT2D eigenvalue weighted by Crippen LogP contribution is -2.09. The summed E-state index contributed by atoms with van der Waals surface area (Å²) in [6, 6.07) is 23.5. The number of carboxylic acid groups (broad SMARTS) is 1. The van der Waals surface area contributed by atoms with Crippen LogP contribution in [0, 0.1) is 0 Å². The molecule has 0 bridgehead atoms. The number of benzene rings is 3. The Labute approximate surface area is 185 Å². The van der Waals surface area contributed by atoms with Crippen molar-refractivity contribution in [1.82, 2.24) is 0 Å². The molecule has 0 unspecified atom stereocenters. The van der Waals surface area contributed by atoms with E-state index < -0.39 is 12.6 Å². The van der Waals surface area contributed by atoms with E-state index in [4.69, 9.17) is 26.2 Å². The summed E-state index contributed by atoms with van der Waals surface area (Å²) in [5.74, 6) is 0.860. The summed E-state index contributed by atoms with van der Waals surface area (Å²) in [5, 5.41) is 9.11. The van der Waals surface area contributed by atoms with Crippen molar-refractivity contribution in [2.24, 2.45) is 0 Å². The van der Waals surface area contributed by atoms with Crippen molar-refractivity contribution in [2.75, 3.05) is 19.5 Å². The normalized spacial score (nSPS) is 11.2. The van der Waals surface area contributed by atoms with E-state index in [-0.39, 0.29) is 0 Å². The molecule has 1 N–H and O–H groups in total. The molecule has 3 aromatic rings. The SMILES string of the molecule is COc1cccc(/C(=C\CSc2ccc(OCC(=O)O)c(Cl)c2)c2ccccc2)c1. The molecular formula is C24H21ClO4S. The first kappa shape index (κ1) is 21.8. The molecule has 0 atom stereocenters. The molecule has 6 heteroatoms. The predicted molar refractivity (Wildman–Crippen MR) is 122 cm³/mol. The molecule has 30 heavy (non-hydrogen) atoms. The van der Waals surface area contributed by atoms with E-state index in [1.54, 1.807) is 31.0 Å². The quantitative estimate of drug-likeness (QED) is 0.411. The summed E-state index contributed by atoms with van der Waals surface area (Å²) in [7, 11) is 1.66. The van der Waals surface area contributed by atoms with Gasteiger partial charge in [-0.25, -0.2) is 4.79 Å². The highest BCUT2D eigenvalue weighted by Gasteiger charge is 2.08. The third-order valence-corrected chi connectivity index (χ3v) is 5.47. The third-order valence-electron chi connectivity index (χ3n) is 4.26. The Hall–Kier alpha value is -2.89. The molecule has 0 saturated carbocycles. The van der Waals surface area contributed by atoms with Gasteiger partial charge in [-0.3, -0.25) is 0 Å². The molecule has 0 fully saturated rings. The molecule has 0 aliphatic heterocycles. The summed E-state index contributed by atoms with van der Waals surface area (Å²) in [4.78, 5) is 11.6. The molecule has 0 aliphatic rings. The molecule has 0 radical (unpaired) electrons. The van der Waals surface area contributed by atoms with Gasteiger partial charge in [0.15, 0.2) is 6.61 Å². The van der Waals surface area contributed by atoms with Gasteiger partial charge in [0.2, 0.25) is 0 Å². The minimum atomic E-state index is -1.04. The molecular weight excluding hydrogens is 420 g/mol. The van der Waals surface area contributed by atoms with Crippen molar-refractivity contribution in [3.63, 3.8) is 0 Å². The predicted octanol–water partition coefficient (Wildman–Crippen LogP) is 6.04. The van der Waals surface area contributed by atoms with Crippen LogP contribution in [-0.4, -0.2) is 30.5 Å². The van der Waals surface area contributed by atoms with Crippen LogP contribution in [0.5, 0.6) is 11.5 Å². The van der Waals surface area contributed by atoms with Crippen molar-refractivity contribution in [3.05, 3.63) is 95.0 Å². The number of rotatable bonds is 9. The second kappa shape index (κ2) is 10.8. The van der Waals surface area contributed by atoms with Gasteiger partial charge in [0, 0.05) is 10.6 Å². The number of halogens is 1. The third kappa shape index (κ3) is 6.05. The first-order valence-electron chi connectivity index (χ1n) is 9.24. The van der Waals surface area contributed by atoms with E-state index in [1.165, 1.54) is 0 Å². The Morgan fingerprint density at radius 3 is 2.50 bits per heavy atom. The van der Waals surface area contributed by atoms with Crippen molar-refractivity contribution in [2.45, 2.75) is 4.90 Å². The second-order valence-corrected chi connectivity index (χ2v) is 7.80. The minimum absolute atomic E-state index is 0.361. The van der Waals surface area contributed by atoms with Crippen LogP contribution in [-0.2, 0) is 4.79 Å². The summed E-state index contributed by atoms with van der Waals surface area (Å²) in [6.07, 6.45) is 2.18. The molecule has 0 spiro atoms. The van der Waals surface area contributed by atoms with Crippen molar-refractivity contribution < 1.29 is 19.4 Å². The number of ether oxygens (including phenoxy) is 2. The molecule has 0 aromatic heterocycles. The standard InChI is InChI=1S/C24H21ClO4S/c1-28-19-9-5-8-18(14-19)21(17-6-3-2-4-7-17)12-13-30-20-10-11-23(22(25)15-20)29-16-24(26)27/h2-12,14-15H,13,16H2,1H3,(H,26,27)/b21-12-. The van der Waals surface area contributed by atoms with E-state index in [1.807, 2.05) is 42.5 Å². The zero-order valence-corrected chi connectivity index (χ0v) is 18.0. The number of hydrogen-bond acceptors (Lipinski definition) is 4. The van der Waals surface area contributed by atoms with Gasteiger partial charge in [0.1, 0.15) is 11.5 Å². The molecule has 0 heterocycles. The lowest BCUT2D eigenvalue weighted by molar-refractivity contribution is -0.139. The zero-order valence-electron chi connectivity index (χ0n) is 16.4. The maximum Gasteiger partial charge on any atom is 0.341 e. The van der Waals surface area contributed by atoms with Crippen LogP contribution in [0.25, 0.3) is 5.57 Å². The van der Waals surface area contributed by atoms with E-state index in [0.29, 0.717) is 10.8 Å². The second-order valence-electron chi connectivity index (χ2n) is 6.30. The van der Waals surface area contributed by atoms with Gasteiger partial charge < -0.3 is 14.6 Å². The number of aliphatic carboxylic acids is 1. The van der Waals surface area contributed by atoms with Crippen molar-refractivity contribution in [3.8, 4) is 11.5 Å². The van der Waals surface area contributed by atoms with Crippen LogP contribution < -0.4 is 9.47 Å². The number of methoxy groups -OCH3 is 1. The Morgan fingerprint density at radius 1 is 1.03 bits per heavy atom. The Morgan fingerprint density at radius 2 is 1.80 bits per heavy atom. The highest BCUT2D eigenvalue weighted by Crippen LogP contribution is 2.32. The van der Waals surface area contributed by atoms with Crippen LogP contribution in [0.2, 0.25) is 5.02 Å². The van der Waals surface area contributed by atoms with Crippen LogP contribution in [0.3, 0.4) is 0 Å². The van der Waals surface area contributed by atoms with Crippen molar-refractivity contribution >= 4 is 34.9 Å². The van der Waals surface area contributed by atoms with Gasteiger partial charge >= 0.3 is 5.97 Å². The number of thioether (sulfide) groups is 1. The molecule has 0 amide bonds. The van der Waals surface area contributed by atoms with Crippen LogP contribution in [0.4, 0.5) is 0 Å². The summed E-state index contributed by atoms with van der Waals surface area (Å²) < 4.78 is 10.5. The van der Waals surface area contributed by atoms with E-state index in [0.717, 1.165) is 33.1 Å². The first-order valence-corrected chi connectivity index (χ1v) is 10.6. The molecule has 4 nitrogen and oxygen atoms in total. The fraction of sp³-hybridized carbons (Fsp3) is 0.125. The van der Waals surface area contributed by atoms with Crippen LogP contribution in [0.1, 0.15) is 11.1 Å². The van der Waals surface area contributed by atoms with Gasteiger partial charge in [-0.15, -0.1) is 11.8 Å². The van der Waals surface area contributed by atoms with Gasteiger partial charge in [-0.05, 0) is 47.0 Å². The minimum Gasteiger partial charge on any atom is -0.497 e. The highest BCUT2D eigenvalue weighted by atomic mass is 35.5. The van der Waals surface area contributed by atoms with Gasteiger partial charge in [-0.1, -0.05) is 60.1 Å². The maximum absolute atomic E-state index is 10.6. The molecule has 0 aliphatic carbocycles. The number of carbonyl (C=O) groups is 1. The average Bonchev–Trinajstić information content (AvgIpc) is 2.76. The largest absolute Gasteiger partial charge is 0.497 e. The lowest BCUT2D eigenvalue weighted by Gasteiger charge is -2.11. The Bertz CT molecular complexity index is 1030. The first-order chi connectivity index (χ1) is 14.6. The van der Waals surface area contributed by atoms with E-state index in [9.17, 15) is 4.79 Å². The van der Waals surface area contributed by atoms with Crippen molar-refractivity contribution in [1.29, 1.82) is 0 Å². The van der Waals surface area contributed by atoms with Gasteiger partial charge in [0.05, 0.1) is 12.1 Å². The number of carboxylic acids is 1. The highest BCUT2D eigenvalue weighted by molar-refractivity contribution is 7.99. The van der Waals surface area contributed by atoms with Gasteiger partial charge in [0.25, 0.3) is 0 Å². The summed E-state index contributed by atoms with van der Waals surface area (Å²) in [6.45, 7) is -0.421. The fourth-order valence-corrected chi connectivity index (χ4v) is 3.97. The Kier molecular flexibility index (Phi) is 7.82. The molecule has 3 aromatic carbocycles. The monoisotopic (exact) mass is 440 g/mol. The van der Waals surface area contributed by atoms with Crippen LogP contribution in [0.15, 0.2) is 83.8 Å². The Balaban J connectivity index is 1.78.